The average Bonchev–Trinajstić information content (AvgIpc) is 2.39. The Bertz CT molecular complexity index is 500. The van der Waals surface area contributed by atoms with Gasteiger partial charge in [0, 0.05) is 6.04 Å². The van der Waals surface area contributed by atoms with Gasteiger partial charge in [0.15, 0.2) is 5.54 Å². The number of carbonyl (C=O) groups is 2. The minimum atomic E-state index is -1.44. The maximum Gasteiger partial charge on any atom is 0.336 e. The number of aliphatic carboxylic acids is 1. The molecule has 19 heavy (non-hydrogen) atoms. The van der Waals surface area contributed by atoms with Gasteiger partial charge in [0.05, 0.1) is 13.2 Å². The van der Waals surface area contributed by atoms with E-state index in [0.29, 0.717) is 18.6 Å². The van der Waals surface area contributed by atoms with Crippen molar-refractivity contribution in [3.05, 3.63) is 35.4 Å². The van der Waals surface area contributed by atoms with Gasteiger partial charge in [0.2, 0.25) is 6.41 Å². The average molecular weight is 263 g/mol. The normalized spacial score (nSPS) is 21.8. The molecule has 0 saturated carbocycles. The quantitative estimate of drug-likeness (QED) is 0.833. The smallest absolute Gasteiger partial charge is 0.336 e. The molecule has 5 heteroatoms. The SMILES string of the molecule is CC(C)N(C=O)C1(C(=O)O)COCc2ccccc21. The Labute approximate surface area is 111 Å². The van der Waals surface area contributed by atoms with Gasteiger partial charge in [0.25, 0.3) is 0 Å². The molecule has 1 N–H and O–H groups in total. The van der Waals surface area contributed by atoms with Crippen LogP contribution < -0.4 is 0 Å². The van der Waals surface area contributed by atoms with E-state index in [4.69, 9.17) is 4.74 Å². The van der Waals surface area contributed by atoms with E-state index >= 15 is 0 Å². The molecule has 1 aromatic rings. The van der Waals surface area contributed by atoms with E-state index in [1.165, 1.54) is 4.90 Å². The van der Waals surface area contributed by atoms with Gasteiger partial charge in [-0.3, -0.25) is 4.79 Å². The highest BCUT2D eigenvalue weighted by Crippen LogP contribution is 2.36. The largest absolute Gasteiger partial charge is 0.479 e. The third kappa shape index (κ3) is 2.00. The summed E-state index contributed by atoms with van der Waals surface area (Å²) in [6.07, 6.45) is 0.588. The predicted octanol–water partition coefficient (Wildman–Crippen LogP) is 1.36. The maximum absolute atomic E-state index is 11.9. The molecule has 5 nitrogen and oxygen atoms in total. The highest BCUT2D eigenvalue weighted by molar-refractivity contribution is 5.84. The van der Waals surface area contributed by atoms with Gasteiger partial charge in [-0.15, -0.1) is 0 Å². The van der Waals surface area contributed by atoms with Crippen molar-refractivity contribution in [2.24, 2.45) is 0 Å². The van der Waals surface area contributed by atoms with Crippen molar-refractivity contribution in [2.75, 3.05) is 6.61 Å². The van der Waals surface area contributed by atoms with Crippen LogP contribution >= 0.6 is 0 Å². The number of ether oxygens (including phenoxy) is 1. The summed E-state index contributed by atoms with van der Waals surface area (Å²) in [6, 6.07) is 6.97. The van der Waals surface area contributed by atoms with Crippen LogP contribution in [-0.2, 0) is 26.5 Å². The monoisotopic (exact) mass is 263 g/mol. The van der Waals surface area contributed by atoms with Crippen LogP contribution in [0, 0.1) is 0 Å². The molecule has 0 saturated heterocycles. The molecular formula is C14H17NO4. The summed E-state index contributed by atoms with van der Waals surface area (Å²) in [5.74, 6) is -1.07. The van der Waals surface area contributed by atoms with Crippen LogP contribution in [0.1, 0.15) is 25.0 Å². The highest BCUT2D eigenvalue weighted by Gasteiger charge is 2.50. The molecule has 0 aromatic heterocycles. The molecule has 1 aromatic carbocycles. The van der Waals surface area contributed by atoms with Gasteiger partial charge in [-0.25, -0.2) is 4.79 Å². The molecule has 0 fully saturated rings. The van der Waals surface area contributed by atoms with Crippen LogP contribution in [0.25, 0.3) is 0 Å². The summed E-state index contributed by atoms with van der Waals surface area (Å²) in [6.45, 7) is 3.92. The Morgan fingerprint density at radius 1 is 1.47 bits per heavy atom. The molecule has 102 valence electrons. The molecule has 1 atom stereocenters. The van der Waals surface area contributed by atoms with E-state index in [1.807, 2.05) is 12.1 Å². The minimum Gasteiger partial charge on any atom is -0.479 e. The number of carboxylic acid groups (broad SMARTS) is 1. The maximum atomic E-state index is 11.9. The van der Waals surface area contributed by atoms with Crippen molar-refractivity contribution in [2.45, 2.75) is 32.0 Å². The van der Waals surface area contributed by atoms with Gasteiger partial charge in [-0.05, 0) is 25.0 Å². The summed E-state index contributed by atoms with van der Waals surface area (Å²) >= 11 is 0. The number of fused-ring (bicyclic) bond motifs is 1. The Hall–Kier alpha value is -1.88. The number of hydrogen-bond donors (Lipinski definition) is 1. The Balaban J connectivity index is 2.65. The van der Waals surface area contributed by atoms with Gasteiger partial charge in [-0.2, -0.15) is 0 Å². The molecule has 1 aliphatic heterocycles. The lowest BCUT2D eigenvalue weighted by molar-refractivity contribution is -0.166. The Kier molecular flexibility index (Phi) is 3.57. The lowest BCUT2D eigenvalue weighted by Gasteiger charge is -2.43. The molecule has 1 aliphatic rings. The fourth-order valence-electron chi connectivity index (χ4n) is 2.59. The molecule has 0 radical (unpaired) electrons. The van der Waals surface area contributed by atoms with Crippen molar-refractivity contribution in [1.82, 2.24) is 4.90 Å². The van der Waals surface area contributed by atoms with Gasteiger partial charge >= 0.3 is 5.97 Å². The molecule has 2 rings (SSSR count). The highest BCUT2D eigenvalue weighted by atomic mass is 16.5. The Morgan fingerprint density at radius 2 is 2.16 bits per heavy atom. The number of nitrogens with zero attached hydrogens (tertiary/aromatic N) is 1. The standard InChI is InChI=1S/C14H17NO4/c1-10(2)15(9-16)14(13(17)18)8-19-7-11-5-3-4-6-12(11)14/h3-6,9-10H,7-8H2,1-2H3,(H,17,18). The third-order valence-corrected chi connectivity index (χ3v) is 3.50. The first-order valence-electron chi connectivity index (χ1n) is 6.17. The first kappa shape index (κ1) is 13.5. The van der Waals surface area contributed by atoms with E-state index in [9.17, 15) is 14.7 Å². The molecule has 0 bridgehead atoms. The number of carbonyl (C=O) groups excluding carboxylic acids is 1. The van der Waals surface area contributed by atoms with Crippen molar-refractivity contribution in [3.63, 3.8) is 0 Å². The zero-order valence-electron chi connectivity index (χ0n) is 11.0. The summed E-state index contributed by atoms with van der Waals surface area (Å²) in [5.41, 5.74) is 0.00306. The number of carboxylic acids is 1. The van der Waals surface area contributed by atoms with Crippen LogP contribution in [-0.4, -0.2) is 35.0 Å². The van der Waals surface area contributed by atoms with Crippen molar-refractivity contribution >= 4 is 12.4 Å². The van der Waals surface area contributed by atoms with E-state index in [0.717, 1.165) is 5.56 Å². The van der Waals surface area contributed by atoms with Crippen LogP contribution in [0.5, 0.6) is 0 Å². The Morgan fingerprint density at radius 3 is 2.74 bits per heavy atom. The number of benzene rings is 1. The number of hydrogen-bond acceptors (Lipinski definition) is 3. The topological polar surface area (TPSA) is 66.8 Å². The lowest BCUT2D eigenvalue weighted by Crippen LogP contribution is -2.58. The van der Waals surface area contributed by atoms with Crippen molar-refractivity contribution < 1.29 is 19.4 Å². The van der Waals surface area contributed by atoms with E-state index in [1.54, 1.807) is 26.0 Å². The molecule has 1 heterocycles. The summed E-state index contributed by atoms with van der Waals surface area (Å²) in [7, 11) is 0. The summed E-state index contributed by atoms with van der Waals surface area (Å²) < 4.78 is 5.42. The van der Waals surface area contributed by atoms with Gasteiger partial charge < -0.3 is 14.7 Å². The van der Waals surface area contributed by atoms with Gasteiger partial charge in [-0.1, -0.05) is 24.3 Å². The minimum absolute atomic E-state index is 0.0315. The fourth-order valence-corrected chi connectivity index (χ4v) is 2.59. The second-order valence-electron chi connectivity index (χ2n) is 4.92. The zero-order chi connectivity index (χ0) is 14.0. The molecule has 1 amide bonds. The number of rotatable bonds is 4. The molecule has 1 unspecified atom stereocenters. The van der Waals surface area contributed by atoms with Crippen LogP contribution in [0.3, 0.4) is 0 Å². The van der Waals surface area contributed by atoms with E-state index in [-0.39, 0.29) is 12.6 Å². The van der Waals surface area contributed by atoms with Crippen LogP contribution in [0.15, 0.2) is 24.3 Å². The zero-order valence-corrected chi connectivity index (χ0v) is 11.0. The lowest BCUT2D eigenvalue weighted by atomic mass is 9.83. The summed E-state index contributed by atoms with van der Waals surface area (Å²) in [5, 5.41) is 9.71. The second-order valence-corrected chi connectivity index (χ2v) is 4.92. The molecular weight excluding hydrogens is 246 g/mol. The predicted molar refractivity (Wildman–Crippen MR) is 68.5 cm³/mol. The van der Waals surface area contributed by atoms with Crippen molar-refractivity contribution in [3.8, 4) is 0 Å². The van der Waals surface area contributed by atoms with Crippen LogP contribution in [0.2, 0.25) is 0 Å². The summed E-state index contributed by atoms with van der Waals surface area (Å²) in [4.78, 5) is 24.5. The second kappa shape index (κ2) is 5.01. The number of amides is 1. The first-order chi connectivity index (χ1) is 9.04. The molecule has 0 aliphatic carbocycles. The van der Waals surface area contributed by atoms with Gasteiger partial charge in [0.1, 0.15) is 0 Å². The fraction of sp³-hybridized carbons (Fsp3) is 0.429. The van der Waals surface area contributed by atoms with Crippen molar-refractivity contribution in [1.29, 1.82) is 0 Å². The molecule has 0 spiro atoms. The first-order valence-corrected chi connectivity index (χ1v) is 6.17. The van der Waals surface area contributed by atoms with E-state index < -0.39 is 11.5 Å². The third-order valence-electron chi connectivity index (χ3n) is 3.50. The van der Waals surface area contributed by atoms with E-state index in [2.05, 4.69) is 0 Å². The van der Waals surface area contributed by atoms with Crippen LogP contribution in [0.4, 0.5) is 0 Å².